The highest BCUT2D eigenvalue weighted by Gasteiger charge is 2.38. The molecule has 3 fully saturated rings. The molecule has 0 spiro atoms. The predicted octanol–water partition coefficient (Wildman–Crippen LogP) is 5.13. The van der Waals surface area contributed by atoms with E-state index in [1.54, 1.807) is 0 Å². The van der Waals surface area contributed by atoms with Crippen LogP contribution >= 0.6 is 11.6 Å². The van der Waals surface area contributed by atoms with E-state index in [4.69, 9.17) is 16.3 Å². The van der Waals surface area contributed by atoms with Gasteiger partial charge in [0.15, 0.2) is 0 Å². The topological polar surface area (TPSA) is 89.1 Å². The number of ether oxygens (including phenoxy) is 1. The molecule has 3 atom stereocenters. The number of aliphatic carboxylic acids is 1. The largest absolute Gasteiger partial charge is 0.550 e. The first-order valence-electron chi connectivity index (χ1n) is 11.9. The van der Waals surface area contributed by atoms with Crippen LogP contribution in [0.25, 0.3) is 0 Å². The van der Waals surface area contributed by atoms with E-state index in [0.29, 0.717) is 5.02 Å². The van der Waals surface area contributed by atoms with Crippen molar-refractivity contribution in [2.75, 3.05) is 13.1 Å². The fourth-order valence-electron chi connectivity index (χ4n) is 5.96. The molecule has 1 aromatic rings. The number of halogens is 1. The van der Waals surface area contributed by atoms with E-state index in [0.717, 1.165) is 43.3 Å². The smallest absolute Gasteiger partial charge is 0.0984 e. The molecule has 174 valence electrons. The third kappa shape index (κ3) is 6.67. The van der Waals surface area contributed by atoms with Gasteiger partial charge >= 0.3 is 0 Å². The number of carbonyl (C=O) groups excluding carboxylic acids is 1. The Morgan fingerprint density at radius 3 is 2.16 bits per heavy atom. The Balaban J connectivity index is 0.00000272. The van der Waals surface area contributed by atoms with Crippen LogP contribution in [-0.2, 0) is 9.53 Å². The van der Waals surface area contributed by atoms with Gasteiger partial charge in [-0.1, -0.05) is 49.4 Å². The van der Waals surface area contributed by atoms with Gasteiger partial charge in [-0.05, 0) is 68.1 Å². The number of nitrogens with zero attached hydrogens (tertiary/aromatic N) is 1. The molecule has 0 unspecified atom stereocenters. The Bertz CT molecular complexity index is 686. The number of quaternary nitrogens is 1. The fraction of sp³-hybridized carbons (Fsp3) is 0.720. The number of hydrogen-bond donors (Lipinski definition) is 1. The predicted molar refractivity (Wildman–Crippen MR) is 123 cm³/mol. The van der Waals surface area contributed by atoms with Crippen molar-refractivity contribution in [3.05, 3.63) is 34.9 Å². The van der Waals surface area contributed by atoms with Crippen LogP contribution in [0.5, 0.6) is 0 Å². The highest BCUT2D eigenvalue weighted by molar-refractivity contribution is 6.30. The maximum absolute atomic E-state index is 11.2. The van der Waals surface area contributed by atoms with Crippen molar-refractivity contribution >= 4 is 17.6 Å². The van der Waals surface area contributed by atoms with Crippen LogP contribution in [0.15, 0.2) is 24.3 Å². The van der Waals surface area contributed by atoms with Gasteiger partial charge in [-0.2, -0.15) is 0 Å². The number of rotatable bonds is 8. The van der Waals surface area contributed by atoms with Crippen molar-refractivity contribution in [1.82, 2.24) is 11.1 Å². The maximum atomic E-state index is 11.2. The summed E-state index contributed by atoms with van der Waals surface area (Å²) < 4.78 is 6.44. The molecule has 4 N–H and O–H groups in total. The Hall–Kier alpha value is -1.14. The lowest BCUT2D eigenvalue weighted by molar-refractivity contribution is -0.308. The lowest BCUT2D eigenvalue weighted by Crippen LogP contribution is -2.49. The van der Waals surface area contributed by atoms with Gasteiger partial charge in [0, 0.05) is 36.5 Å². The maximum Gasteiger partial charge on any atom is 0.0984 e. The van der Waals surface area contributed by atoms with Crippen LogP contribution in [0.2, 0.25) is 5.02 Å². The summed E-state index contributed by atoms with van der Waals surface area (Å²) in [5.41, 5.74) is 1.07. The van der Waals surface area contributed by atoms with Gasteiger partial charge in [-0.15, -0.1) is 0 Å². The van der Waals surface area contributed by atoms with Crippen molar-refractivity contribution in [3.8, 4) is 0 Å². The SMILES string of the molecule is O=C([O-])C[C@@H]1CC[C@@H](N(CC2CCCC2)CC2CCCC2)[C@H](c2cccc(Cl)c2)O1.[NH4+]. The molecule has 2 saturated carbocycles. The van der Waals surface area contributed by atoms with Gasteiger partial charge in [0.05, 0.1) is 12.2 Å². The molecular formula is C25H39ClN2O3. The van der Waals surface area contributed by atoms with Crippen LogP contribution in [0, 0.1) is 11.8 Å². The molecule has 0 amide bonds. The summed E-state index contributed by atoms with van der Waals surface area (Å²) in [7, 11) is 0. The van der Waals surface area contributed by atoms with Gasteiger partial charge in [-0.25, -0.2) is 0 Å². The van der Waals surface area contributed by atoms with Gasteiger partial charge < -0.3 is 20.8 Å². The molecule has 1 saturated heterocycles. The average molecular weight is 451 g/mol. The molecule has 2 aliphatic carbocycles. The van der Waals surface area contributed by atoms with Crippen LogP contribution in [-0.4, -0.2) is 36.1 Å². The van der Waals surface area contributed by atoms with Crippen LogP contribution in [0.3, 0.4) is 0 Å². The molecule has 1 aromatic carbocycles. The van der Waals surface area contributed by atoms with Gasteiger partial charge in [0.2, 0.25) is 0 Å². The number of carboxylic acid groups (broad SMARTS) is 1. The van der Waals surface area contributed by atoms with Gasteiger partial charge in [0.1, 0.15) is 0 Å². The summed E-state index contributed by atoms with van der Waals surface area (Å²) in [6.45, 7) is 2.29. The minimum Gasteiger partial charge on any atom is -0.550 e. The first-order valence-corrected chi connectivity index (χ1v) is 12.3. The molecule has 1 aliphatic heterocycles. The van der Waals surface area contributed by atoms with E-state index in [2.05, 4.69) is 11.0 Å². The average Bonchev–Trinajstić information content (AvgIpc) is 3.41. The number of carbonyl (C=O) groups is 1. The van der Waals surface area contributed by atoms with E-state index in [9.17, 15) is 9.90 Å². The molecule has 4 rings (SSSR count). The molecule has 5 nitrogen and oxygen atoms in total. The summed E-state index contributed by atoms with van der Waals surface area (Å²) in [5, 5.41) is 11.9. The molecule has 3 aliphatic rings. The minimum atomic E-state index is -1.03. The quantitative estimate of drug-likeness (QED) is 0.594. The van der Waals surface area contributed by atoms with E-state index in [1.807, 2.05) is 18.2 Å². The molecular weight excluding hydrogens is 412 g/mol. The third-order valence-corrected chi connectivity index (χ3v) is 7.68. The molecule has 0 bridgehead atoms. The number of hydrogen-bond acceptors (Lipinski definition) is 4. The molecule has 31 heavy (non-hydrogen) atoms. The second-order valence-electron chi connectivity index (χ2n) is 9.71. The second-order valence-corrected chi connectivity index (χ2v) is 10.1. The highest BCUT2D eigenvalue weighted by Crippen LogP contribution is 2.39. The first-order chi connectivity index (χ1) is 14.6. The summed E-state index contributed by atoms with van der Waals surface area (Å²) in [6.07, 6.45) is 12.1. The van der Waals surface area contributed by atoms with E-state index in [1.165, 1.54) is 51.4 Å². The second kappa shape index (κ2) is 11.6. The fourth-order valence-corrected chi connectivity index (χ4v) is 6.16. The van der Waals surface area contributed by atoms with E-state index >= 15 is 0 Å². The third-order valence-electron chi connectivity index (χ3n) is 7.45. The van der Waals surface area contributed by atoms with Gasteiger partial charge in [0.25, 0.3) is 0 Å². The van der Waals surface area contributed by atoms with E-state index in [-0.39, 0.29) is 30.8 Å². The van der Waals surface area contributed by atoms with Crippen molar-refractivity contribution in [2.45, 2.75) is 88.9 Å². The van der Waals surface area contributed by atoms with Crippen molar-refractivity contribution in [1.29, 1.82) is 0 Å². The van der Waals surface area contributed by atoms with Gasteiger partial charge in [-0.3, -0.25) is 4.90 Å². The van der Waals surface area contributed by atoms with Crippen molar-refractivity contribution in [3.63, 3.8) is 0 Å². The molecule has 0 aromatic heterocycles. The summed E-state index contributed by atoms with van der Waals surface area (Å²) in [4.78, 5) is 13.9. The molecule has 0 radical (unpaired) electrons. The Morgan fingerprint density at radius 2 is 1.61 bits per heavy atom. The zero-order valence-electron chi connectivity index (χ0n) is 18.9. The number of benzene rings is 1. The Kier molecular flexibility index (Phi) is 9.20. The summed E-state index contributed by atoms with van der Waals surface area (Å²) in [6, 6.07) is 8.20. The normalized spacial score (nSPS) is 27.5. The van der Waals surface area contributed by atoms with Crippen LogP contribution in [0.1, 0.15) is 82.3 Å². The van der Waals surface area contributed by atoms with Crippen LogP contribution in [0.4, 0.5) is 0 Å². The number of carboxylic acids is 1. The standard InChI is InChI=1S/C25H36ClNO3.H3N/c26-21-11-5-10-20(14-21)25-23(13-12-22(30-25)15-24(28)29)27(16-18-6-1-2-7-18)17-19-8-3-4-9-19;/h5,10-11,14,18-19,22-23,25H,1-4,6-9,12-13,15-17H2,(H,28,29);1H3/t22-,23+,25-;/m0./s1. The Morgan fingerprint density at radius 1 is 1.00 bits per heavy atom. The van der Waals surface area contributed by atoms with Crippen molar-refractivity contribution < 1.29 is 14.6 Å². The van der Waals surface area contributed by atoms with E-state index < -0.39 is 5.97 Å². The highest BCUT2D eigenvalue weighted by atomic mass is 35.5. The lowest BCUT2D eigenvalue weighted by Gasteiger charge is -2.44. The van der Waals surface area contributed by atoms with Crippen LogP contribution < -0.4 is 11.3 Å². The lowest BCUT2D eigenvalue weighted by atomic mass is 9.89. The minimum absolute atomic E-state index is 0. The Labute approximate surface area is 192 Å². The van der Waals surface area contributed by atoms with Crippen molar-refractivity contribution in [2.24, 2.45) is 11.8 Å². The zero-order chi connectivity index (χ0) is 20.9. The zero-order valence-corrected chi connectivity index (χ0v) is 19.7. The monoisotopic (exact) mass is 450 g/mol. The summed E-state index contributed by atoms with van der Waals surface area (Å²) >= 11 is 6.31. The molecule has 6 heteroatoms. The first kappa shape index (κ1) is 24.5. The summed E-state index contributed by atoms with van der Waals surface area (Å²) in [5.74, 6) is 0.539. The molecule has 1 heterocycles.